The van der Waals surface area contributed by atoms with Gasteiger partial charge in [-0.25, -0.2) is 0 Å². The van der Waals surface area contributed by atoms with Gasteiger partial charge in [0, 0.05) is 19.3 Å². The summed E-state index contributed by atoms with van der Waals surface area (Å²) in [5.74, 6) is -0.931. The Hall–Kier alpha value is -3.93. The fraction of sp³-hybridized carbons (Fsp3) is 0.696. The molecule has 0 aromatic heterocycles. The van der Waals surface area contributed by atoms with Gasteiger partial charge in [-0.1, -0.05) is 259 Å². The van der Waals surface area contributed by atoms with Crippen LogP contribution in [0.2, 0.25) is 0 Å². The smallest absolute Gasteiger partial charge is 0.306 e. The lowest BCUT2D eigenvalue weighted by Gasteiger charge is -2.18. The third-order valence-electron chi connectivity index (χ3n) is 13.2. The highest BCUT2D eigenvalue weighted by Gasteiger charge is 2.19. The Labute approximate surface area is 463 Å². The quantitative estimate of drug-likeness (QED) is 0.0261. The minimum absolute atomic E-state index is 0.0944. The molecule has 0 amide bonds. The van der Waals surface area contributed by atoms with E-state index in [1.54, 1.807) is 0 Å². The van der Waals surface area contributed by atoms with Crippen molar-refractivity contribution in [2.45, 2.75) is 297 Å². The van der Waals surface area contributed by atoms with Gasteiger partial charge in [0.15, 0.2) is 6.10 Å². The Balaban J connectivity index is 4.32. The molecule has 0 aromatic carbocycles. The summed E-state index contributed by atoms with van der Waals surface area (Å²) in [6.45, 7) is 6.43. The van der Waals surface area contributed by atoms with Crippen molar-refractivity contribution in [2.75, 3.05) is 13.2 Å². The predicted octanol–water partition coefficient (Wildman–Crippen LogP) is 21.4. The normalized spacial score (nSPS) is 12.8. The van der Waals surface area contributed by atoms with Gasteiger partial charge in [-0.2, -0.15) is 0 Å². The molecule has 0 N–H and O–H groups in total. The van der Waals surface area contributed by atoms with Crippen molar-refractivity contribution >= 4 is 17.9 Å². The van der Waals surface area contributed by atoms with E-state index in [0.717, 1.165) is 141 Å². The van der Waals surface area contributed by atoms with Crippen molar-refractivity contribution in [3.8, 4) is 0 Å². The molecule has 0 fully saturated rings. The van der Waals surface area contributed by atoms with Crippen molar-refractivity contribution in [2.24, 2.45) is 0 Å². The van der Waals surface area contributed by atoms with E-state index < -0.39 is 6.10 Å². The molecule has 0 aliphatic heterocycles. The second-order valence-corrected chi connectivity index (χ2v) is 20.6. The second-order valence-electron chi connectivity index (χ2n) is 20.6. The molecular weight excluding hydrogens is 925 g/mol. The molecule has 0 spiro atoms. The van der Waals surface area contributed by atoms with Gasteiger partial charge in [-0.05, 0) is 122 Å². The zero-order chi connectivity index (χ0) is 54.3. The third kappa shape index (κ3) is 60.8. The highest BCUT2D eigenvalue weighted by molar-refractivity contribution is 5.71. The summed E-state index contributed by atoms with van der Waals surface area (Å²) in [7, 11) is 0. The molecular formula is C69H116O6. The average molecular weight is 1040 g/mol. The summed E-state index contributed by atoms with van der Waals surface area (Å²) in [6, 6.07) is 0. The van der Waals surface area contributed by atoms with Crippen LogP contribution in [0.4, 0.5) is 0 Å². The highest BCUT2D eigenvalue weighted by Crippen LogP contribution is 2.15. The standard InChI is InChI=1S/C69H116O6/c1-4-7-10-13-16-19-22-25-27-29-30-31-32-33-34-35-36-37-38-40-41-44-47-50-53-56-59-62-68(71)74-65-66(64-73-67(70)61-58-55-52-49-46-43-24-21-18-15-12-9-6-3)75-69(72)63-60-57-54-51-48-45-42-39-28-26-23-20-17-14-11-8-5-2/h8,11-12,15,17,20-22,24-26,28-30,32-33,42,45,66H,4-7,9-10,13-14,16,18-19,23,27,31,34-41,43-44,46-65H2,1-3H3/b11-8-,15-12-,20-17-,24-21-,25-22-,28-26-,30-29-,33-32-,45-42-. The maximum Gasteiger partial charge on any atom is 0.306 e. The van der Waals surface area contributed by atoms with E-state index in [4.69, 9.17) is 14.2 Å². The number of hydrogen-bond acceptors (Lipinski definition) is 6. The molecule has 0 saturated carbocycles. The lowest BCUT2D eigenvalue weighted by molar-refractivity contribution is -0.167. The van der Waals surface area contributed by atoms with E-state index in [2.05, 4.69) is 130 Å². The number of hydrogen-bond donors (Lipinski definition) is 0. The molecule has 0 rings (SSSR count). The molecule has 1 atom stereocenters. The SMILES string of the molecule is CC/C=C\C/C=C\C/C=C\C/C=C\CCCCCCC(=O)OC(COC(=O)CCCCCCC/C=C\C/C=C\CCC)COC(=O)CCCCCCCCCCCCCC/C=C\C/C=C\C/C=C\CCCCCCC. The number of carbonyl (C=O) groups excluding carboxylic acids is 3. The fourth-order valence-corrected chi connectivity index (χ4v) is 8.54. The number of allylic oxidation sites excluding steroid dienone is 18. The molecule has 0 heterocycles. The Morgan fingerprint density at radius 2 is 0.547 bits per heavy atom. The van der Waals surface area contributed by atoms with Gasteiger partial charge >= 0.3 is 17.9 Å². The summed E-state index contributed by atoms with van der Waals surface area (Å²) in [5.41, 5.74) is 0. The molecule has 6 nitrogen and oxygen atoms in total. The largest absolute Gasteiger partial charge is 0.462 e. The molecule has 428 valence electrons. The van der Waals surface area contributed by atoms with Crippen LogP contribution >= 0.6 is 0 Å². The Bertz CT molecular complexity index is 1520. The first-order valence-corrected chi connectivity index (χ1v) is 31.4. The Morgan fingerprint density at radius 3 is 0.867 bits per heavy atom. The average Bonchev–Trinajstić information content (AvgIpc) is 3.41. The van der Waals surface area contributed by atoms with Crippen LogP contribution in [0.5, 0.6) is 0 Å². The highest BCUT2D eigenvalue weighted by atomic mass is 16.6. The van der Waals surface area contributed by atoms with E-state index in [9.17, 15) is 14.4 Å². The summed E-state index contributed by atoms with van der Waals surface area (Å²) in [6.07, 6.45) is 85.2. The number of esters is 3. The van der Waals surface area contributed by atoms with Crippen molar-refractivity contribution in [3.05, 3.63) is 109 Å². The van der Waals surface area contributed by atoms with Crippen molar-refractivity contribution in [3.63, 3.8) is 0 Å². The van der Waals surface area contributed by atoms with Crippen LogP contribution < -0.4 is 0 Å². The fourth-order valence-electron chi connectivity index (χ4n) is 8.54. The first-order chi connectivity index (χ1) is 37.0. The molecule has 0 saturated heterocycles. The zero-order valence-corrected chi connectivity index (χ0v) is 49.0. The van der Waals surface area contributed by atoms with Gasteiger partial charge in [-0.15, -0.1) is 0 Å². The second kappa shape index (κ2) is 62.6. The van der Waals surface area contributed by atoms with E-state index in [1.807, 2.05) is 0 Å². The summed E-state index contributed by atoms with van der Waals surface area (Å²) < 4.78 is 16.9. The molecule has 0 radical (unpaired) electrons. The Kier molecular flexibility index (Phi) is 59.3. The van der Waals surface area contributed by atoms with Crippen LogP contribution in [0.1, 0.15) is 290 Å². The predicted molar refractivity (Wildman–Crippen MR) is 325 cm³/mol. The Morgan fingerprint density at radius 1 is 0.280 bits per heavy atom. The number of unbranched alkanes of at least 4 members (excludes halogenated alkanes) is 27. The van der Waals surface area contributed by atoms with E-state index >= 15 is 0 Å². The lowest BCUT2D eigenvalue weighted by Crippen LogP contribution is -2.30. The molecule has 0 aromatic rings. The van der Waals surface area contributed by atoms with Gasteiger partial charge in [0.1, 0.15) is 13.2 Å². The summed E-state index contributed by atoms with van der Waals surface area (Å²) >= 11 is 0. The zero-order valence-electron chi connectivity index (χ0n) is 49.0. The van der Waals surface area contributed by atoms with Crippen molar-refractivity contribution in [1.82, 2.24) is 0 Å². The van der Waals surface area contributed by atoms with Gasteiger partial charge in [-0.3, -0.25) is 14.4 Å². The minimum Gasteiger partial charge on any atom is -0.462 e. The van der Waals surface area contributed by atoms with E-state index in [-0.39, 0.29) is 31.1 Å². The van der Waals surface area contributed by atoms with E-state index in [1.165, 1.54) is 109 Å². The minimum atomic E-state index is -0.800. The van der Waals surface area contributed by atoms with Crippen LogP contribution in [0.15, 0.2) is 109 Å². The summed E-state index contributed by atoms with van der Waals surface area (Å²) in [4.78, 5) is 38.2. The van der Waals surface area contributed by atoms with Gasteiger partial charge in [0.25, 0.3) is 0 Å². The maximum atomic E-state index is 12.9. The molecule has 0 aliphatic carbocycles. The molecule has 6 heteroatoms. The molecule has 0 bridgehead atoms. The van der Waals surface area contributed by atoms with Crippen LogP contribution in [0.3, 0.4) is 0 Å². The molecule has 1 unspecified atom stereocenters. The molecule has 0 aliphatic rings. The maximum absolute atomic E-state index is 12.9. The number of carbonyl (C=O) groups is 3. The number of rotatable bonds is 56. The van der Waals surface area contributed by atoms with Gasteiger partial charge in [0.2, 0.25) is 0 Å². The topological polar surface area (TPSA) is 78.9 Å². The van der Waals surface area contributed by atoms with Crippen molar-refractivity contribution < 1.29 is 28.6 Å². The van der Waals surface area contributed by atoms with Gasteiger partial charge in [0.05, 0.1) is 0 Å². The van der Waals surface area contributed by atoms with Crippen LogP contribution in [-0.2, 0) is 28.6 Å². The van der Waals surface area contributed by atoms with Crippen molar-refractivity contribution in [1.29, 1.82) is 0 Å². The third-order valence-corrected chi connectivity index (χ3v) is 13.2. The monoisotopic (exact) mass is 1040 g/mol. The summed E-state index contributed by atoms with van der Waals surface area (Å²) in [5, 5.41) is 0. The van der Waals surface area contributed by atoms with Crippen LogP contribution in [-0.4, -0.2) is 37.2 Å². The molecule has 75 heavy (non-hydrogen) atoms. The lowest BCUT2D eigenvalue weighted by atomic mass is 10.0. The first-order valence-electron chi connectivity index (χ1n) is 31.4. The first kappa shape index (κ1) is 71.1. The van der Waals surface area contributed by atoms with E-state index in [0.29, 0.717) is 19.3 Å². The van der Waals surface area contributed by atoms with Crippen LogP contribution in [0, 0.1) is 0 Å². The number of ether oxygens (including phenoxy) is 3. The van der Waals surface area contributed by atoms with Crippen LogP contribution in [0.25, 0.3) is 0 Å². The van der Waals surface area contributed by atoms with Gasteiger partial charge < -0.3 is 14.2 Å².